The van der Waals surface area contributed by atoms with Crippen molar-refractivity contribution in [2.45, 2.75) is 18.9 Å². The lowest BCUT2D eigenvalue weighted by Crippen LogP contribution is -2.33. The zero-order chi connectivity index (χ0) is 12.5. The van der Waals surface area contributed by atoms with Gasteiger partial charge in [-0.2, -0.15) is 0 Å². The molecule has 92 valence electrons. The number of aryl methyl sites for hydroxylation is 1. The molecule has 18 heavy (non-hydrogen) atoms. The van der Waals surface area contributed by atoms with Crippen molar-refractivity contribution in [3.63, 3.8) is 0 Å². The van der Waals surface area contributed by atoms with Crippen LogP contribution in [0.3, 0.4) is 0 Å². The molecule has 0 amide bonds. The number of rotatable bonds is 1. The maximum absolute atomic E-state index is 10.3. The summed E-state index contributed by atoms with van der Waals surface area (Å²) >= 11 is 0. The topological polar surface area (TPSA) is 32.3 Å². The molecule has 0 saturated carbocycles. The van der Waals surface area contributed by atoms with Crippen molar-refractivity contribution in [2.24, 2.45) is 0 Å². The summed E-state index contributed by atoms with van der Waals surface area (Å²) in [5, 5.41) is 13.6. The molecule has 1 heterocycles. The van der Waals surface area contributed by atoms with E-state index >= 15 is 0 Å². The molecule has 0 fully saturated rings. The SMILES string of the molecule is Cc1cccc2c1NC[C@H](O)[C@H]2c1ccccc1. The second kappa shape index (κ2) is 4.46. The molecule has 2 atom stereocenters. The first-order chi connectivity index (χ1) is 8.77. The van der Waals surface area contributed by atoms with Crippen molar-refractivity contribution in [3.8, 4) is 0 Å². The summed E-state index contributed by atoms with van der Waals surface area (Å²) in [6.45, 7) is 2.71. The smallest absolute Gasteiger partial charge is 0.0822 e. The Morgan fingerprint density at radius 2 is 1.83 bits per heavy atom. The number of anilines is 1. The average molecular weight is 239 g/mol. The Kier molecular flexibility index (Phi) is 2.80. The molecule has 2 aromatic rings. The largest absolute Gasteiger partial charge is 0.390 e. The van der Waals surface area contributed by atoms with Gasteiger partial charge < -0.3 is 10.4 Å². The molecule has 0 saturated heterocycles. The fraction of sp³-hybridized carbons (Fsp3) is 0.250. The third-order valence-corrected chi connectivity index (χ3v) is 3.67. The van der Waals surface area contributed by atoms with Crippen molar-refractivity contribution < 1.29 is 5.11 Å². The molecular weight excluding hydrogens is 222 g/mol. The van der Waals surface area contributed by atoms with E-state index in [1.807, 2.05) is 18.2 Å². The third kappa shape index (κ3) is 1.79. The van der Waals surface area contributed by atoms with Gasteiger partial charge >= 0.3 is 0 Å². The van der Waals surface area contributed by atoms with Crippen LogP contribution in [0.25, 0.3) is 0 Å². The molecule has 0 spiro atoms. The highest BCUT2D eigenvalue weighted by atomic mass is 16.3. The molecule has 1 aliphatic rings. The number of hydrogen-bond acceptors (Lipinski definition) is 2. The minimum absolute atomic E-state index is 0.0716. The number of para-hydroxylation sites is 1. The van der Waals surface area contributed by atoms with Gasteiger partial charge in [0.05, 0.1) is 6.10 Å². The van der Waals surface area contributed by atoms with E-state index in [1.54, 1.807) is 0 Å². The molecule has 0 unspecified atom stereocenters. The molecule has 1 aliphatic heterocycles. The molecule has 0 bridgehead atoms. The summed E-state index contributed by atoms with van der Waals surface area (Å²) in [7, 11) is 0. The van der Waals surface area contributed by atoms with Crippen LogP contribution >= 0.6 is 0 Å². The van der Waals surface area contributed by atoms with Crippen LogP contribution in [0, 0.1) is 6.92 Å². The second-order valence-corrected chi connectivity index (χ2v) is 4.88. The zero-order valence-corrected chi connectivity index (χ0v) is 10.4. The number of benzene rings is 2. The van der Waals surface area contributed by atoms with Gasteiger partial charge in [-0.3, -0.25) is 0 Å². The van der Waals surface area contributed by atoms with Crippen LogP contribution in [0.5, 0.6) is 0 Å². The summed E-state index contributed by atoms with van der Waals surface area (Å²) in [6, 6.07) is 16.5. The Bertz CT molecular complexity index is 550. The standard InChI is InChI=1S/C16H17NO/c1-11-6-5-9-13-15(12-7-3-2-4-8-12)14(18)10-17-16(11)13/h2-9,14-15,17-18H,10H2,1H3/t14-,15-/m0/s1. The Labute approximate surface area is 107 Å². The maximum atomic E-state index is 10.3. The van der Waals surface area contributed by atoms with Gasteiger partial charge in [0, 0.05) is 18.2 Å². The summed E-state index contributed by atoms with van der Waals surface area (Å²) in [6.07, 6.45) is -0.373. The number of β-amino-alcohol motifs (C(OH)–C–C–N with tert-alkyl or cyclic N) is 1. The quantitative estimate of drug-likeness (QED) is 0.802. The molecule has 2 heteroatoms. The minimum atomic E-state index is -0.373. The van der Waals surface area contributed by atoms with Crippen molar-refractivity contribution in [2.75, 3.05) is 11.9 Å². The van der Waals surface area contributed by atoms with E-state index in [9.17, 15) is 5.11 Å². The Morgan fingerprint density at radius 1 is 1.06 bits per heavy atom. The molecule has 0 radical (unpaired) electrons. The Balaban J connectivity index is 2.13. The van der Waals surface area contributed by atoms with Gasteiger partial charge in [-0.25, -0.2) is 0 Å². The number of aliphatic hydroxyl groups excluding tert-OH is 1. The molecule has 2 nitrogen and oxygen atoms in total. The molecule has 2 aromatic carbocycles. The molecule has 0 aliphatic carbocycles. The Morgan fingerprint density at radius 3 is 2.61 bits per heavy atom. The third-order valence-electron chi connectivity index (χ3n) is 3.67. The second-order valence-electron chi connectivity index (χ2n) is 4.88. The number of fused-ring (bicyclic) bond motifs is 1. The van der Waals surface area contributed by atoms with Crippen molar-refractivity contribution in [1.29, 1.82) is 0 Å². The monoisotopic (exact) mass is 239 g/mol. The number of nitrogens with one attached hydrogen (secondary N) is 1. The lowest BCUT2D eigenvalue weighted by molar-refractivity contribution is 0.165. The van der Waals surface area contributed by atoms with E-state index in [1.165, 1.54) is 22.4 Å². The van der Waals surface area contributed by atoms with Gasteiger partial charge in [0.15, 0.2) is 0 Å². The summed E-state index contributed by atoms with van der Waals surface area (Å²) in [4.78, 5) is 0. The van der Waals surface area contributed by atoms with Gasteiger partial charge in [-0.15, -0.1) is 0 Å². The molecule has 3 rings (SSSR count). The molecular formula is C16H17NO. The normalized spacial score (nSPS) is 22.1. The van der Waals surface area contributed by atoms with E-state index in [2.05, 4.69) is 42.6 Å². The predicted molar refractivity (Wildman–Crippen MR) is 74.0 cm³/mol. The maximum Gasteiger partial charge on any atom is 0.0822 e. The molecule has 0 aromatic heterocycles. The minimum Gasteiger partial charge on any atom is -0.390 e. The van der Waals surface area contributed by atoms with Gasteiger partial charge in [0.1, 0.15) is 0 Å². The lowest BCUT2D eigenvalue weighted by atomic mass is 9.82. The van der Waals surface area contributed by atoms with E-state index in [0.29, 0.717) is 6.54 Å². The highest BCUT2D eigenvalue weighted by Crippen LogP contribution is 2.38. The van der Waals surface area contributed by atoms with Crippen molar-refractivity contribution >= 4 is 5.69 Å². The van der Waals surface area contributed by atoms with E-state index in [4.69, 9.17) is 0 Å². The van der Waals surface area contributed by atoms with Crippen LogP contribution in [-0.2, 0) is 0 Å². The van der Waals surface area contributed by atoms with E-state index < -0.39 is 0 Å². The van der Waals surface area contributed by atoms with E-state index in [-0.39, 0.29) is 12.0 Å². The first-order valence-corrected chi connectivity index (χ1v) is 6.34. The van der Waals surface area contributed by atoms with Crippen LogP contribution in [0.2, 0.25) is 0 Å². The van der Waals surface area contributed by atoms with Gasteiger partial charge in [-0.1, -0.05) is 48.5 Å². The number of aliphatic hydroxyl groups is 1. The zero-order valence-electron chi connectivity index (χ0n) is 10.4. The summed E-state index contributed by atoms with van der Waals surface area (Å²) in [5.74, 6) is 0.0716. The van der Waals surface area contributed by atoms with Crippen molar-refractivity contribution in [3.05, 3.63) is 65.2 Å². The Hall–Kier alpha value is -1.80. The highest BCUT2D eigenvalue weighted by Gasteiger charge is 2.29. The summed E-state index contributed by atoms with van der Waals surface area (Å²) < 4.78 is 0. The van der Waals surface area contributed by atoms with Crippen LogP contribution in [0.1, 0.15) is 22.6 Å². The van der Waals surface area contributed by atoms with Crippen LogP contribution in [0.4, 0.5) is 5.69 Å². The van der Waals surface area contributed by atoms with Crippen LogP contribution in [-0.4, -0.2) is 17.8 Å². The average Bonchev–Trinajstić information content (AvgIpc) is 2.40. The predicted octanol–water partition coefficient (Wildman–Crippen LogP) is 2.91. The van der Waals surface area contributed by atoms with Crippen molar-refractivity contribution in [1.82, 2.24) is 0 Å². The molecule has 2 N–H and O–H groups in total. The first-order valence-electron chi connectivity index (χ1n) is 6.34. The van der Waals surface area contributed by atoms with Gasteiger partial charge in [0.2, 0.25) is 0 Å². The fourth-order valence-corrected chi connectivity index (χ4v) is 2.78. The highest BCUT2D eigenvalue weighted by molar-refractivity contribution is 5.62. The van der Waals surface area contributed by atoms with Crippen LogP contribution < -0.4 is 5.32 Å². The fourth-order valence-electron chi connectivity index (χ4n) is 2.78. The van der Waals surface area contributed by atoms with Crippen LogP contribution in [0.15, 0.2) is 48.5 Å². The van der Waals surface area contributed by atoms with Gasteiger partial charge in [0.25, 0.3) is 0 Å². The lowest BCUT2D eigenvalue weighted by Gasteiger charge is -2.32. The van der Waals surface area contributed by atoms with Gasteiger partial charge in [-0.05, 0) is 23.6 Å². The first kappa shape index (κ1) is 11.3. The van der Waals surface area contributed by atoms with E-state index in [0.717, 1.165) is 0 Å². The number of hydrogen-bond donors (Lipinski definition) is 2. The summed E-state index contributed by atoms with van der Waals surface area (Å²) in [5.41, 5.74) is 4.79.